The number of carbonyl (C=O) groups is 1. The highest BCUT2D eigenvalue weighted by atomic mass is 16.5. The number of carbonyl (C=O) groups excluding carboxylic acids is 1. The van der Waals surface area contributed by atoms with Crippen LogP contribution in [-0.2, 0) is 14.3 Å². The molecule has 3 nitrogen and oxygen atoms in total. The van der Waals surface area contributed by atoms with Crippen LogP contribution in [0.15, 0.2) is 0 Å². The van der Waals surface area contributed by atoms with Crippen molar-refractivity contribution in [3.8, 4) is 0 Å². The van der Waals surface area contributed by atoms with Crippen molar-refractivity contribution in [1.29, 1.82) is 0 Å². The van der Waals surface area contributed by atoms with E-state index in [0.29, 0.717) is 0 Å². The molecule has 3 heteroatoms. The first-order chi connectivity index (χ1) is 4.20. The van der Waals surface area contributed by atoms with E-state index in [1.165, 1.54) is 0 Å². The third-order valence-corrected chi connectivity index (χ3v) is 1.02. The lowest BCUT2D eigenvalue weighted by Gasteiger charge is -2.05. The van der Waals surface area contributed by atoms with Gasteiger partial charge in [-0.15, -0.1) is 0 Å². The molecule has 0 amide bonds. The molecular weight excluding hydrogens is 120 g/mol. The third-order valence-electron chi connectivity index (χ3n) is 1.02. The normalized spacial score (nSPS) is 12.8. The minimum atomic E-state index is -0.343. The van der Waals surface area contributed by atoms with Gasteiger partial charge in [0, 0.05) is 7.11 Å². The number of hydrogen-bond donors (Lipinski definition) is 0. The first-order valence-corrected chi connectivity index (χ1v) is 2.68. The molecule has 0 rings (SSSR count). The molecule has 0 aliphatic heterocycles. The average molecular weight is 131 g/mol. The Labute approximate surface area is 55.0 Å². The summed E-state index contributed by atoms with van der Waals surface area (Å²) in [4.78, 5) is 10.4. The number of methoxy groups -OCH3 is 1. The SMILES string of the molecule is [CH2]OC(=O)CC(C)OC. The largest absolute Gasteiger partial charge is 0.462 e. The van der Waals surface area contributed by atoms with Gasteiger partial charge in [-0.25, -0.2) is 0 Å². The molecule has 0 saturated carbocycles. The summed E-state index contributed by atoms with van der Waals surface area (Å²) in [6.45, 7) is 1.79. The van der Waals surface area contributed by atoms with Crippen molar-refractivity contribution in [2.24, 2.45) is 0 Å². The van der Waals surface area contributed by atoms with E-state index >= 15 is 0 Å². The summed E-state index contributed by atoms with van der Waals surface area (Å²) in [6.07, 6.45) is 0.180. The molecule has 53 valence electrons. The lowest BCUT2D eigenvalue weighted by molar-refractivity contribution is -0.140. The van der Waals surface area contributed by atoms with E-state index in [1.54, 1.807) is 14.0 Å². The topological polar surface area (TPSA) is 35.5 Å². The first kappa shape index (κ1) is 8.43. The molecule has 0 spiro atoms. The average Bonchev–Trinajstić information content (AvgIpc) is 1.87. The van der Waals surface area contributed by atoms with Gasteiger partial charge < -0.3 is 9.47 Å². The van der Waals surface area contributed by atoms with E-state index in [0.717, 1.165) is 0 Å². The molecule has 0 aromatic rings. The van der Waals surface area contributed by atoms with Crippen LogP contribution in [0, 0.1) is 7.11 Å². The van der Waals surface area contributed by atoms with Crippen LogP contribution in [0.3, 0.4) is 0 Å². The van der Waals surface area contributed by atoms with Gasteiger partial charge in [-0.1, -0.05) is 0 Å². The molecule has 0 fully saturated rings. The molecule has 9 heavy (non-hydrogen) atoms. The monoisotopic (exact) mass is 131 g/mol. The second kappa shape index (κ2) is 4.32. The Balaban J connectivity index is 3.34. The minimum absolute atomic E-state index is 0.0840. The van der Waals surface area contributed by atoms with Gasteiger partial charge in [0.1, 0.15) is 7.11 Å². The second-order valence-corrected chi connectivity index (χ2v) is 1.77. The molecule has 1 unspecified atom stereocenters. The van der Waals surface area contributed by atoms with E-state index in [9.17, 15) is 4.79 Å². The van der Waals surface area contributed by atoms with Crippen molar-refractivity contribution in [2.45, 2.75) is 19.4 Å². The Morgan fingerprint density at radius 3 is 2.67 bits per heavy atom. The fourth-order valence-electron chi connectivity index (χ4n) is 0.377. The van der Waals surface area contributed by atoms with Crippen LogP contribution >= 0.6 is 0 Å². The Hall–Kier alpha value is -0.570. The van der Waals surface area contributed by atoms with E-state index in [1.807, 2.05) is 0 Å². The van der Waals surface area contributed by atoms with Gasteiger partial charge >= 0.3 is 5.97 Å². The number of esters is 1. The molecule has 0 heterocycles. The summed E-state index contributed by atoms with van der Waals surface area (Å²) in [7, 11) is 4.51. The predicted octanol–water partition coefficient (Wildman–Crippen LogP) is 0.746. The maximum atomic E-state index is 10.4. The lowest BCUT2D eigenvalue weighted by atomic mass is 10.3. The van der Waals surface area contributed by atoms with Crippen molar-refractivity contribution in [3.63, 3.8) is 0 Å². The molecule has 1 atom stereocenters. The highest BCUT2D eigenvalue weighted by Gasteiger charge is 2.06. The van der Waals surface area contributed by atoms with E-state index in [2.05, 4.69) is 11.8 Å². The van der Waals surface area contributed by atoms with Gasteiger partial charge in [-0.05, 0) is 6.92 Å². The Bertz CT molecular complexity index is 90.3. The second-order valence-electron chi connectivity index (χ2n) is 1.77. The van der Waals surface area contributed by atoms with Crippen molar-refractivity contribution < 1.29 is 14.3 Å². The molecule has 0 N–H and O–H groups in total. The zero-order chi connectivity index (χ0) is 7.28. The smallest absolute Gasteiger partial charge is 0.308 e. The first-order valence-electron chi connectivity index (χ1n) is 2.68. The van der Waals surface area contributed by atoms with E-state index < -0.39 is 0 Å². The summed E-state index contributed by atoms with van der Waals surface area (Å²) >= 11 is 0. The zero-order valence-electron chi connectivity index (χ0n) is 5.72. The lowest BCUT2D eigenvalue weighted by Crippen LogP contribution is -2.12. The quantitative estimate of drug-likeness (QED) is 0.530. The van der Waals surface area contributed by atoms with Gasteiger partial charge in [-0.2, -0.15) is 0 Å². The summed E-state index contributed by atoms with van der Waals surface area (Å²) in [5.74, 6) is -0.343. The molecule has 0 aliphatic carbocycles. The predicted molar refractivity (Wildman–Crippen MR) is 32.5 cm³/mol. The maximum absolute atomic E-state index is 10.4. The van der Waals surface area contributed by atoms with Crippen molar-refractivity contribution in [1.82, 2.24) is 0 Å². The molecule has 0 aliphatic rings. The van der Waals surface area contributed by atoms with Gasteiger partial charge in [0.05, 0.1) is 12.5 Å². The summed E-state index contributed by atoms with van der Waals surface area (Å²) in [5, 5.41) is 0. The van der Waals surface area contributed by atoms with Crippen LogP contribution in [0.4, 0.5) is 0 Å². The van der Waals surface area contributed by atoms with Crippen LogP contribution in [-0.4, -0.2) is 19.2 Å². The Morgan fingerprint density at radius 2 is 2.33 bits per heavy atom. The third kappa shape index (κ3) is 3.97. The minimum Gasteiger partial charge on any atom is -0.462 e. The molecular formula is C6H11O3. The Morgan fingerprint density at radius 1 is 1.78 bits per heavy atom. The van der Waals surface area contributed by atoms with Gasteiger partial charge in [0.25, 0.3) is 0 Å². The highest BCUT2D eigenvalue weighted by Crippen LogP contribution is 1.95. The zero-order valence-corrected chi connectivity index (χ0v) is 5.72. The van der Waals surface area contributed by atoms with Crippen LogP contribution in [0.25, 0.3) is 0 Å². The molecule has 0 aromatic heterocycles. The highest BCUT2D eigenvalue weighted by molar-refractivity contribution is 5.69. The van der Waals surface area contributed by atoms with Crippen LogP contribution in [0.1, 0.15) is 13.3 Å². The number of hydrogen-bond acceptors (Lipinski definition) is 3. The molecule has 0 bridgehead atoms. The van der Waals surface area contributed by atoms with Crippen molar-refractivity contribution in [3.05, 3.63) is 7.11 Å². The Kier molecular flexibility index (Phi) is 4.05. The fraction of sp³-hybridized carbons (Fsp3) is 0.667. The molecule has 0 aromatic carbocycles. The van der Waals surface area contributed by atoms with Crippen LogP contribution in [0.5, 0.6) is 0 Å². The summed E-state index contributed by atoms with van der Waals surface area (Å²) in [6, 6.07) is 0. The van der Waals surface area contributed by atoms with Crippen LogP contribution in [0.2, 0.25) is 0 Å². The maximum Gasteiger partial charge on any atom is 0.308 e. The number of ether oxygens (including phenoxy) is 2. The van der Waals surface area contributed by atoms with Gasteiger partial charge in [-0.3, -0.25) is 4.79 Å². The van der Waals surface area contributed by atoms with E-state index in [4.69, 9.17) is 4.74 Å². The van der Waals surface area contributed by atoms with Crippen LogP contribution < -0.4 is 0 Å². The van der Waals surface area contributed by atoms with Gasteiger partial charge in [0.15, 0.2) is 0 Å². The number of rotatable bonds is 3. The molecule has 0 saturated heterocycles. The van der Waals surface area contributed by atoms with E-state index in [-0.39, 0.29) is 18.5 Å². The fourth-order valence-corrected chi connectivity index (χ4v) is 0.377. The molecule has 1 radical (unpaired) electrons. The van der Waals surface area contributed by atoms with Crippen molar-refractivity contribution >= 4 is 5.97 Å². The summed E-state index contributed by atoms with van der Waals surface area (Å²) in [5.41, 5.74) is 0. The standard InChI is InChI=1S/C6H11O3/c1-5(8-2)4-6(7)9-3/h5H,3-4H2,1-2H3. The van der Waals surface area contributed by atoms with Gasteiger partial charge in [0.2, 0.25) is 0 Å². The summed E-state index contributed by atoms with van der Waals surface area (Å²) < 4.78 is 8.95. The van der Waals surface area contributed by atoms with Crippen molar-refractivity contribution in [2.75, 3.05) is 7.11 Å².